The molecule has 118 valence electrons. The number of aryl methyl sites for hydroxylation is 2. The van der Waals surface area contributed by atoms with Crippen LogP contribution in [0, 0.1) is 13.8 Å². The first-order valence-electron chi connectivity index (χ1n) is 7.53. The molecule has 0 radical (unpaired) electrons. The molecule has 0 saturated carbocycles. The molecule has 3 rings (SSSR count). The second-order valence-electron chi connectivity index (χ2n) is 5.59. The summed E-state index contributed by atoms with van der Waals surface area (Å²) < 4.78 is 5.45. The summed E-state index contributed by atoms with van der Waals surface area (Å²) >= 11 is 0. The third-order valence-electron chi connectivity index (χ3n) is 3.67. The maximum absolute atomic E-state index is 12.3. The lowest BCUT2D eigenvalue weighted by Gasteiger charge is -2.16. The average Bonchev–Trinajstić information content (AvgIpc) is 2.88. The van der Waals surface area contributed by atoms with Crippen LogP contribution in [0.5, 0.6) is 0 Å². The Morgan fingerprint density at radius 3 is 2.74 bits per heavy atom. The van der Waals surface area contributed by atoms with Crippen molar-refractivity contribution in [3.8, 4) is 0 Å². The number of nitrogens with zero attached hydrogens (tertiary/aromatic N) is 1. The largest absolute Gasteiger partial charge is 0.441 e. The molecule has 2 aromatic carbocycles. The molecule has 0 saturated heterocycles. The number of carbonyl (C=O) groups is 1. The van der Waals surface area contributed by atoms with Crippen LogP contribution in [0.2, 0.25) is 0 Å². The van der Waals surface area contributed by atoms with Gasteiger partial charge in [0.15, 0.2) is 11.5 Å². The molecule has 5 nitrogen and oxygen atoms in total. The molecule has 1 aromatic heterocycles. The van der Waals surface area contributed by atoms with E-state index in [1.54, 1.807) is 0 Å². The third-order valence-corrected chi connectivity index (χ3v) is 3.67. The SMILES string of the molecule is Cc1nc2cc(NC(C)C(=O)Nc3ccccc3C)ccc2o1. The van der Waals surface area contributed by atoms with Gasteiger partial charge in [0.25, 0.3) is 0 Å². The van der Waals surface area contributed by atoms with E-state index >= 15 is 0 Å². The first-order valence-corrected chi connectivity index (χ1v) is 7.53. The maximum Gasteiger partial charge on any atom is 0.246 e. The zero-order chi connectivity index (χ0) is 16.4. The number of hydrogen-bond donors (Lipinski definition) is 2. The molecule has 1 amide bonds. The van der Waals surface area contributed by atoms with E-state index in [0.29, 0.717) is 5.89 Å². The number of carbonyl (C=O) groups excluding carboxylic acids is 1. The second kappa shape index (κ2) is 6.12. The maximum atomic E-state index is 12.3. The first kappa shape index (κ1) is 15.1. The van der Waals surface area contributed by atoms with E-state index in [1.165, 1.54) is 0 Å². The van der Waals surface area contributed by atoms with Gasteiger partial charge in [-0.3, -0.25) is 4.79 Å². The van der Waals surface area contributed by atoms with Crippen molar-refractivity contribution in [1.82, 2.24) is 4.98 Å². The molecule has 5 heteroatoms. The van der Waals surface area contributed by atoms with Crippen molar-refractivity contribution in [2.45, 2.75) is 26.8 Å². The molecule has 0 aliphatic heterocycles. The lowest BCUT2D eigenvalue weighted by atomic mass is 10.2. The summed E-state index contributed by atoms with van der Waals surface area (Å²) in [6.45, 7) is 5.60. The fraction of sp³-hybridized carbons (Fsp3) is 0.222. The average molecular weight is 309 g/mol. The number of amides is 1. The van der Waals surface area contributed by atoms with Crippen molar-refractivity contribution in [2.75, 3.05) is 10.6 Å². The summed E-state index contributed by atoms with van der Waals surface area (Å²) in [4.78, 5) is 16.6. The van der Waals surface area contributed by atoms with Crippen molar-refractivity contribution in [1.29, 1.82) is 0 Å². The Labute approximate surface area is 134 Å². The summed E-state index contributed by atoms with van der Waals surface area (Å²) in [5.41, 5.74) is 4.21. The molecule has 2 N–H and O–H groups in total. The number of anilines is 2. The number of aromatic nitrogens is 1. The van der Waals surface area contributed by atoms with Crippen molar-refractivity contribution < 1.29 is 9.21 Å². The van der Waals surface area contributed by atoms with E-state index in [-0.39, 0.29) is 11.9 Å². The quantitative estimate of drug-likeness (QED) is 0.767. The minimum absolute atomic E-state index is 0.0873. The van der Waals surface area contributed by atoms with E-state index in [4.69, 9.17) is 4.42 Å². The van der Waals surface area contributed by atoms with Crippen LogP contribution in [-0.4, -0.2) is 16.9 Å². The van der Waals surface area contributed by atoms with Crippen LogP contribution >= 0.6 is 0 Å². The van der Waals surface area contributed by atoms with Gasteiger partial charge in [-0.05, 0) is 43.7 Å². The molecule has 0 spiro atoms. The van der Waals surface area contributed by atoms with Gasteiger partial charge in [0.1, 0.15) is 11.6 Å². The number of fused-ring (bicyclic) bond motifs is 1. The zero-order valence-electron chi connectivity index (χ0n) is 13.4. The lowest BCUT2D eigenvalue weighted by molar-refractivity contribution is -0.116. The van der Waals surface area contributed by atoms with Gasteiger partial charge in [-0.2, -0.15) is 0 Å². The smallest absolute Gasteiger partial charge is 0.246 e. The van der Waals surface area contributed by atoms with Gasteiger partial charge in [0.05, 0.1) is 0 Å². The van der Waals surface area contributed by atoms with Gasteiger partial charge in [-0.25, -0.2) is 4.98 Å². The van der Waals surface area contributed by atoms with Gasteiger partial charge in [0.2, 0.25) is 5.91 Å². The topological polar surface area (TPSA) is 67.2 Å². The molecular weight excluding hydrogens is 290 g/mol. The Hall–Kier alpha value is -2.82. The van der Waals surface area contributed by atoms with Gasteiger partial charge in [0, 0.05) is 18.3 Å². The van der Waals surface area contributed by atoms with Crippen LogP contribution in [0.25, 0.3) is 11.1 Å². The van der Waals surface area contributed by atoms with Gasteiger partial charge in [-0.15, -0.1) is 0 Å². The minimum Gasteiger partial charge on any atom is -0.441 e. The van der Waals surface area contributed by atoms with Crippen molar-refractivity contribution in [3.63, 3.8) is 0 Å². The molecular formula is C18H19N3O2. The Kier molecular flexibility index (Phi) is 4.02. The predicted molar refractivity (Wildman–Crippen MR) is 91.6 cm³/mol. The number of oxazole rings is 1. The van der Waals surface area contributed by atoms with Crippen LogP contribution in [0.4, 0.5) is 11.4 Å². The van der Waals surface area contributed by atoms with Gasteiger partial charge >= 0.3 is 0 Å². The third kappa shape index (κ3) is 3.34. The van der Waals surface area contributed by atoms with Crippen molar-refractivity contribution in [3.05, 3.63) is 53.9 Å². The summed E-state index contributed by atoms with van der Waals surface area (Å²) in [5.74, 6) is 0.540. The predicted octanol–water partition coefficient (Wildman–Crippen LogP) is 3.88. The second-order valence-corrected chi connectivity index (χ2v) is 5.59. The summed E-state index contributed by atoms with van der Waals surface area (Å²) in [6.07, 6.45) is 0. The first-order chi connectivity index (χ1) is 11.0. The number of benzene rings is 2. The highest BCUT2D eigenvalue weighted by molar-refractivity contribution is 5.97. The number of rotatable bonds is 4. The lowest BCUT2D eigenvalue weighted by Crippen LogP contribution is -2.32. The molecule has 23 heavy (non-hydrogen) atoms. The number of hydrogen-bond acceptors (Lipinski definition) is 4. The Morgan fingerprint density at radius 1 is 1.17 bits per heavy atom. The highest BCUT2D eigenvalue weighted by Crippen LogP contribution is 2.20. The molecule has 0 bridgehead atoms. The summed E-state index contributed by atoms with van der Waals surface area (Å²) in [6, 6.07) is 12.9. The van der Waals surface area contributed by atoms with Gasteiger partial charge < -0.3 is 15.1 Å². The van der Waals surface area contributed by atoms with Crippen LogP contribution < -0.4 is 10.6 Å². The number of para-hydroxylation sites is 1. The highest BCUT2D eigenvalue weighted by atomic mass is 16.3. The molecule has 0 fully saturated rings. The van der Waals surface area contributed by atoms with E-state index < -0.39 is 0 Å². The fourth-order valence-electron chi connectivity index (χ4n) is 2.40. The molecule has 1 unspecified atom stereocenters. The van der Waals surface area contributed by atoms with E-state index in [0.717, 1.165) is 28.0 Å². The number of nitrogens with one attached hydrogen (secondary N) is 2. The Morgan fingerprint density at radius 2 is 1.96 bits per heavy atom. The molecule has 0 aliphatic rings. The summed E-state index contributed by atoms with van der Waals surface area (Å²) in [7, 11) is 0. The summed E-state index contributed by atoms with van der Waals surface area (Å²) in [5, 5.41) is 6.12. The van der Waals surface area contributed by atoms with Gasteiger partial charge in [-0.1, -0.05) is 18.2 Å². The van der Waals surface area contributed by atoms with Crippen molar-refractivity contribution in [2.24, 2.45) is 0 Å². The standard InChI is InChI=1S/C18H19N3O2/c1-11-6-4-5-7-15(11)21-18(22)12(2)19-14-8-9-17-16(10-14)20-13(3)23-17/h4-10,12,19H,1-3H3,(H,21,22). The normalized spacial score (nSPS) is 12.1. The molecule has 1 atom stereocenters. The van der Waals surface area contributed by atoms with Crippen molar-refractivity contribution >= 4 is 28.4 Å². The van der Waals surface area contributed by atoms with E-state index in [1.807, 2.05) is 63.2 Å². The fourth-order valence-corrected chi connectivity index (χ4v) is 2.40. The molecule has 3 aromatic rings. The van der Waals surface area contributed by atoms with Crippen LogP contribution in [-0.2, 0) is 4.79 Å². The molecule has 1 heterocycles. The molecule has 0 aliphatic carbocycles. The Bertz CT molecular complexity index is 854. The van der Waals surface area contributed by atoms with Crippen LogP contribution in [0.15, 0.2) is 46.9 Å². The van der Waals surface area contributed by atoms with Crippen LogP contribution in [0.1, 0.15) is 18.4 Å². The van der Waals surface area contributed by atoms with E-state index in [2.05, 4.69) is 15.6 Å². The Balaban J connectivity index is 1.70. The zero-order valence-corrected chi connectivity index (χ0v) is 13.4. The highest BCUT2D eigenvalue weighted by Gasteiger charge is 2.14. The van der Waals surface area contributed by atoms with E-state index in [9.17, 15) is 4.79 Å². The van der Waals surface area contributed by atoms with Crippen LogP contribution in [0.3, 0.4) is 0 Å². The minimum atomic E-state index is -0.375. The monoisotopic (exact) mass is 309 g/mol.